The number of benzene rings is 4. The zero-order valence-corrected chi connectivity index (χ0v) is 16.8. The number of hydrogen-bond donors (Lipinski definition) is 0. The van der Waals surface area contributed by atoms with Crippen LogP contribution in [0.2, 0.25) is 0 Å². The van der Waals surface area contributed by atoms with Crippen molar-refractivity contribution in [1.82, 2.24) is 4.40 Å². The van der Waals surface area contributed by atoms with Crippen LogP contribution in [0.4, 0.5) is 0 Å². The van der Waals surface area contributed by atoms with E-state index in [4.69, 9.17) is 0 Å². The first-order valence-electron chi connectivity index (χ1n) is 10.3. The van der Waals surface area contributed by atoms with Gasteiger partial charge in [-0.25, -0.2) is 0 Å². The molecule has 0 amide bonds. The van der Waals surface area contributed by atoms with Crippen molar-refractivity contribution in [2.24, 2.45) is 0 Å². The lowest BCUT2D eigenvalue weighted by Gasteiger charge is -2.13. The first-order chi connectivity index (χ1) is 15.3. The molecule has 2 heterocycles. The molecule has 6 rings (SSSR count). The molecule has 3 heteroatoms. The second-order valence-corrected chi connectivity index (χ2v) is 7.69. The zero-order chi connectivity index (χ0) is 20.8. The highest BCUT2D eigenvalue weighted by atomic mass is 16.1. The van der Waals surface area contributed by atoms with Crippen molar-refractivity contribution in [1.29, 1.82) is 0 Å². The molecule has 0 bridgehead atoms. The molecule has 0 fully saturated rings. The fourth-order valence-corrected chi connectivity index (χ4v) is 4.46. The van der Waals surface area contributed by atoms with Gasteiger partial charge >= 0.3 is 5.69 Å². The third kappa shape index (κ3) is 2.75. The van der Waals surface area contributed by atoms with Crippen LogP contribution < -0.4 is 10.3 Å². The van der Waals surface area contributed by atoms with Crippen LogP contribution >= 0.6 is 0 Å². The molecule has 0 radical (unpaired) electrons. The van der Waals surface area contributed by atoms with E-state index in [1.807, 2.05) is 67.0 Å². The molecule has 0 atom stereocenters. The monoisotopic (exact) mass is 399 g/mol. The summed E-state index contributed by atoms with van der Waals surface area (Å²) >= 11 is 0. The van der Waals surface area contributed by atoms with E-state index in [0.717, 1.165) is 44.2 Å². The molecule has 0 saturated heterocycles. The molecule has 0 spiro atoms. The van der Waals surface area contributed by atoms with Gasteiger partial charge in [-0.15, -0.1) is 0 Å². The molecule has 0 unspecified atom stereocenters. The Kier molecular flexibility index (Phi) is 3.93. The summed E-state index contributed by atoms with van der Waals surface area (Å²) in [6.45, 7) is 0. The Balaban J connectivity index is 1.76. The van der Waals surface area contributed by atoms with Crippen LogP contribution in [0, 0.1) is 0 Å². The van der Waals surface area contributed by atoms with E-state index >= 15 is 0 Å². The van der Waals surface area contributed by atoms with Gasteiger partial charge in [0.15, 0.2) is 11.2 Å². The molecule has 0 aliphatic rings. The SMILES string of the molecule is O=c1n2ccc3cccc(c[n+]1-c1c(-c4ccccc4)cccc1-c1ccccc1)c32. The molecule has 0 aliphatic heterocycles. The fraction of sp³-hybridized carbons (Fsp3) is 0. The van der Waals surface area contributed by atoms with Gasteiger partial charge in [-0.1, -0.05) is 91.0 Å². The molecule has 6 aromatic rings. The Bertz CT molecular complexity index is 1530. The predicted molar refractivity (Wildman–Crippen MR) is 125 cm³/mol. The average molecular weight is 399 g/mol. The highest BCUT2D eigenvalue weighted by Crippen LogP contribution is 2.32. The minimum atomic E-state index is -0.0748. The Morgan fingerprint density at radius 2 is 1.16 bits per heavy atom. The van der Waals surface area contributed by atoms with Crippen molar-refractivity contribution >= 4 is 16.3 Å². The van der Waals surface area contributed by atoms with E-state index in [0.29, 0.717) is 0 Å². The summed E-state index contributed by atoms with van der Waals surface area (Å²) in [5, 5.41) is 2.10. The summed E-state index contributed by atoms with van der Waals surface area (Å²) in [7, 11) is 0. The number of hydrogen-bond acceptors (Lipinski definition) is 1. The lowest BCUT2D eigenvalue weighted by molar-refractivity contribution is -0.613. The topological polar surface area (TPSA) is 25.4 Å². The number of para-hydroxylation sites is 2. The molecule has 0 saturated carbocycles. The fourth-order valence-electron chi connectivity index (χ4n) is 4.46. The standard InChI is InChI=1S/C28H19N2O/c31-28-29-18-17-22-13-7-14-23(26(22)29)19-30(28)27-24(20-9-3-1-4-10-20)15-8-16-25(27)21-11-5-2-6-12-21/h1-19H/q+1. The van der Waals surface area contributed by atoms with Crippen molar-refractivity contribution in [3.8, 4) is 27.9 Å². The van der Waals surface area contributed by atoms with E-state index in [-0.39, 0.29) is 5.69 Å². The highest BCUT2D eigenvalue weighted by molar-refractivity contribution is 5.95. The third-order valence-corrected chi connectivity index (χ3v) is 5.87. The second kappa shape index (κ2) is 6.92. The Morgan fingerprint density at radius 3 is 1.81 bits per heavy atom. The van der Waals surface area contributed by atoms with Gasteiger partial charge in [0.1, 0.15) is 12.4 Å². The Labute approximate surface area is 179 Å². The van der Waals surface area contributed by atoms with Crippen LogP contribution in [-0.4, -0.2) is 4.40 Å². The molecule has 3 nitrogen and oxygen atoms in total. The maximum absolute atomic E-state index is 13.7. The van der Waals surface area contributed by atoms with Gasteiger partial charge in [-0.3, -0.25) is 0 Å². The molecule has 0 aliphatic carbocycles. The van der Waals surface area contributed by atoms with Gasteiger partial charge in [-0.2, -0.15) is 13.8 Å². The minimum Gasteiger partial charge on any atom is -0.196 e. The summed E-state index contributed by atoms with van der Waals surface area (Å²) in [6.07, 6.45) is 3.84. The Morgan fingerprint density at radius 1 is 0.581 bits per heavy atom. The molecule has 0 N–H and O–H groups in total. The molecule has 2 aromatic heterocycles. The van der Waals surface area contributed by atoms with Gasteiger partial charge in [-0.05, 0) is 23.3 Å². The normalized spacial score (nSPS) is 11.4. The Hall–Kier alpha value is -4.24. The third-order valence-electron chi connectivity index (χ3n) is 5.87. The van der Waals surface area contributed by atoms with Gasteiger partial charge in [0.25, 0.3) is 0 Å². The van der Waals surface area contributed by atoms with Crippen LogP contribution in [0.3, 0.4) is 0 Å². The minimum absolute atomic E-state index is 0.0748. The molecule has 4 aromatic carbocycles. The quantitative estimate of drug-likeness (QED) is 0.361. The van der Waals surface area contributed by atoms with E-state index in [2.05, 4.69) is 48.5 Å². The van der Waals surface area contributed by atoms with Crippen LogP contribution in [0.1, 0.15) is 0 Å². The summed E-state index contributed by atoms with van der Waals surface area (Å²) < 4.78 is 3.55. The number of rotatable bonds is 3. The summed E-state index contributed by atoms with van der Waals surface area (Å²) in [4.78, 5) is 13.7. The van der Waals surface area contributed by atoms with Gasteiger partial charge in [0, 0.05) is 16.5 Å². The highest BCUT2D eigenvalue weighted by Gasteiger charge is 2.24. The van der Waals surface area contributed by atoms with Crippen LogP contribution in [0.25, 0.3) is 44.2 Å². The van der Waals surface area contributed by atoms with Crippen molar-refractivity contribution in [3.63, 3.8) is 0 Å². The zero-order valence-electron chi connectivity index (χ0n) is 16.8. The largest absolute Gasteiger partial charge is 0.508 e. The predicted octanol–water partition coefficient (Wildman–Crippen LogP) is 5.50. The van der Waals surface area contributed by atoms with Gasteiger partial charge in [0.05, 0.1) is 5.39 Å². The number of nitrogens with zero attached hydrogens (tertiary/aromatic N) is 2. The van der Waals surface area contributed by atoms with Crippen molar-refractivity contribution in [3.05, 3.63) is 126 Å². The van der Waals surface area contributed by atoms with Crippen molar-refractivity contribution in [2.75, 3.05) is 0 Å². The molecule has 31 heavy (non-hydrogen) atoms. The van der Waals surface area contributed by atoms with E-state index in [9.17, 15) is 4.79 Å². The molecular weight excluding hydrogens is 380 g/mol. The maximum atomic E-state index is 13.7. The van der Waals surface area contributed by atoms with Gasteiger partial charge < -0.3 is 0 Å². The molecule has 146 valence electrons. The van der Waals surface area contributed by atoms with Crippen molar-refractivity contribution in [2.45, 2.75) is 0 Å². The summed E-state index contributed by atoms with van der Waals surface area (Å²) in [5.41, 5.74) is 5.97. The van der Waals surface area contributed by atoms with E-state index in [1.54, 1.807) is 8.97 Å². The summed E-state index contributed by atoms with van der Waals surface area (Å²) in [5.74, 6) is 0. The second-order valence-electron chi connectivity index (χ2n) is 7.69. The average Bonchev–Trinajstić information content (AvgIpc) is 3.28. The molecular formula is C28H19N2O+. The van der Waals surface area contributed by atoms with Crippen LogP contribution in [0.5, 0.6) is 0 Å². The maximum Gasteiger partial charge on any atom is 0.508 e. The van der Waals surface area contributed by atoms with Crippen LogP contribution in [0.15, 0.2) is 120 Å². The van der Waals surface area contributed by atoms with Gasteiger partial charge in [0.2, 0.25) is 0 Å². The van der Waals surface area contributed by atoms with Crippen LogP contribution in [-0.2, 0) is 0 Å². The van der Waals surface area contributed by atoms with Crippen molar-refractivity contribution < 1.29 is 4.57 Å². The lowest BCUT2D eigenvalue weighted by Crippen LogP contribution is -2.51. The van der Waals surface area contributed by atoms with E-state index < -0.39 is 0 Å². The summed E-state index contributed by atoms with van der Waals surface area (Å²) in [6, 6.07) is 34.8. The smallest absolute Gasteiger partial charge is 0.196 e. The van der Waals surface area contributed by atoms with E-state index in [1.165, 1.54) is 0 Å². The first-order valence-corrected chi connectivity index (χ1v) is 10.3. The lowest BCUT2D eigenvalue weighted by atomic mass is 9.95. The first kappa shape index (κ1) is 17.6. The number of aromatic nitrogens is 2.